The van der Waals surface area contributed by atoms with Crippen LogP contribution < -0.4 is 10.6 Å². The first-order valence-corrected chi connectivity index (χ1v) is 13.8. The Morgan fingerprint density at radius 3 is 2.57 bits per heavy atom. The normalized spacial score (nSPS) is 23.9. The van der Waals surface area contributed by atoms with Crippen LogP contribution in [0.1, 0.15) is 65.2 Å². The fourth-order valence-electron chi connectivity index (χ4n) is 3.63. The largest absolute Gasteiger partial charge is 0.444 e. The van der Waals surface area contributed by atoms with Crippen molar-refractivity contribution >= 4 is 20.1 Å². The van der Waals surface area contributed by atoms with E-state index in [0.29, 0.717) is 13.2 Å². The van der Waals surface area contributed by atoms with Gasteiger partial charge in [-0.2, -0.15) is 0 Å². The van der Waals surface area contributed by atoms with Crippen molar-refractivity contribution in [3.63, 3.8) is 0 Å². The number of rotatable bonds is 4. The molecule has 0 aliphatic carbocycles. The number of nitrogens with one attached hydrogen (secondary N) is 2. The molecule has 2 bridgehead atoms. The Morgan fingerprint density at radius 2 is 1.93 bits per heavy atom. The van der Waals surface area contributed by atoms with E-state index in [9.17, 15) is 4.79 Å². The third-order valence-corrected chi connectivity index (χ3v) is 10.8. The van der Waals surface area contributed by atoms with Crippen molar-refractivity contribution in [3.05, 3.63) is 29.3 Å². The van der Waals surface area contributed by atoms with E-state index in [-0.39, 0.29) is 23.3 Å². The van der Waals surface area contributed by atoms with Gasteiger partial charge in [0.25, 0.3) is 0 Å². The minimum Gasteiger partial charge on any atom is -0.444 e. The Kier molecular flexibility index (Phi) is 6.29. The summed E-state index contributed by atoms with van der Waals surface area (Å²) < 4.78 is 18.2. The lowest BCUT2D eigenvalue weighted by molar-refractivity contribution is -0.0620. The van der Waals surface area contributed by atoms with Crippen molar-refractivity contribution in [2.75, 3.05) is 11.9 Å². The van der Waals surface area contributed by atoms with Crippen LogP contribution in [0.15, 0.2) is 18.2 Å². The van der Waals surface area contributed by atoms with Gasteiger partial charge in [0.05, 0.1) is 24.9 Å². The van der Waals surface area contributed by atoms with Crippen molar-refractivity contribution in [3.8, 4) is 0 Å². The number of carbonyl (C=O) groups excluding carboxylic acids is 1. The van der Waals surface area contributed by atoms with E-state index in [1.165, 1.54) is 0 Å². The molecule has 3 rings (SSSR count). The van der Waals surface area contributed by atoms with Crippen LogP contribution in [0.5, 0.6) is 0 Å². The highest BCUT2D eigenvalue weighted by Crippen LogP contribution is 2.43. The molecule has 1 aromatic rings. The molecular formula is C23H38N2O4Si. The Hall–Kier alpha value is -1.57. The second-order valence-corrected chi connectivity index (χ2v) is 15.8. The van der Waals surface area contributed by atoms with Crippen LogP contribution in [-0.2, 0) is 20.4 Å². The van der Waals surface area contributed by atoms with E-state index >= 15 is 0 Å². The van der Waals surface area contributed by atoms with Crippen LogP contribution in [0, 0.1) is 0 Å². The first-order chi connectivity index (χ1) is 13.7. The molecule has 0 spiro atoms. The maximum Gasteiger partial charge on any atom is 0.407 e. The van der Waals surface area contributed by atoms with Gasteiger partial charge in [0, 0.05) is 24.2 Å². The smallest absolute Gasteiger partial charge is 0.407 e. The lowest BCUT2D eigenvalue weighted by Gasteiger charge is -2.47. The van der Waals surface area contributed by atoms with Gasteiger partial charge in [-0.25, -0.2) is 4.79 Å². The third-order valence-electron chi connectivity index (χ3n) is 6.27. The van der Waals surface area contributed by atoms with Crippen LogP contribution in [0.4, 0.5) is 10.5 Å². The molecule has 0 saturated carbocycles. The first-order valence-electron chi connectivity index (χ1n) is 10.9. The lowest BCUT2D eigenvalue weighted by atomic mass is 9.89. The second kappa shape index (κ2) is 8.17. The van der Waals surface area contributed by atoms with Gasteiger partial charge in [-0.3, -0.25) is 0 Å². The van der Waals surface area contributed by atoms with Gasteiger partial charge < -0.3 is 24.5 Å². The predicted octanol–water partition coefficient (Wildman–Crippen LogP) is 5.36. The van der Waals surface area contributed by atoms with Gasteiger partial charge in [0.15, 0.2) is 8.32 Å². The lowest BCUT2D eigenvalue weighted by Crippen LogP contribution is -2.54. The van der Waals surface area contributed by atoms with Gasteiger partial charge in [-0.1, -0.05) is 26.8 Å². The number of hydrogen-bond donors (Lipinski definition) is 2. The number of benzene rings is 1. The molecule has 6 nitrogen and oxygen atoms in total. The summed E-state index contributed by atoms with van der Waals surface area (Å²) in [6, 6.07) is 6.50. The van der Waals surface area contributed by atoms with Crippen molar-refractivity contribution < 1.29 is 18.7 Å². The minimum atomic E-state index is -1.86. The van der Waals surface area contributed by atoms with Crippen LogP contribution in [0.2, 0.25) is 18.1 Å². The van der Waals surface area contributed by atoms with Gasteiger partial charge in [0.1, 0.15) is 5.60 Å². The Labute approximate surface area is 182 Å². The zero-order valence-corrected chi connectivity index (χ0v) is 20.7. The Morgan fingerprint density at radius 1 is 1.23 bits per heavy atom. The number of amides is 1. The van der Waals surface area contributed by atoms with Crippen LogP contribution in [0.3, 0.4) is 0 Å². The number of carbonyl (C=O) groups is 1. The monoisotopic (exact) mass is 434 g/mol. The minimum absolute atomic E-state index is 0.0620. The maximum atomic E-state index is 11.9. The molecule has 7 heteroatoms. The zero-order valence-electron chi connectivity index (χ0n) is 19.7. The zero-order chi connectivity index (χ0) is 22.3. The summed E-state index contributed by atoms with van der Waals surface area (Å²) >= 11 is 0. The van der Waals surface area contributed by atoms with Gasteiger partial charge >= 0.3 is 6.09 Å². The van der Waals surface area contributed by atoms with Crippen LogP contribution in [-0.4, -0.2) is 38.8 Å². The van der Waals surface area contributed by atoms with E-state index in [0.717, 1.165) is 23.2 Å². The molecule has 0 unspecified atom stereocenters. The first kappa shape index (κ1) is 23.1. The van der Waals surface area contributed by atoms with Crippen molar-refractivity contribution in [1.82, 2.24) is 5.32 Å². The fraction of sp³-hybridized carbons (Fsp3) is 0.696. The summed E-state index contributed by atoms with van der Waals surface area (Å²) in [6.45, 7) is 18.0. The van der Waals surface area contributed by atoms with E-state index < -0.39 is 20.0 Å². The van der Waals surface area contributed by atoms with Crippen LogP contribution in [0.25, 0.3) is 0 Å². The molecule has 2 N–H and O–H groups in total. The molecule has 0 aromatic heterocycles. The Bertz CT molecular complexity index is 782. The highest BCUT2D eigenvalue weighted by Gasteiger charge is 2.44. The summed E-state index contributed by atoms with van der Waals surface area (Å²) in [4.78, 5) is 11.9. The van der Waals surface area contributed by atoms with Gasteiger partial charge in [0.2, 0.25) is 0 Å². The molecule has 2 aliphatic heterocycles. The number of fused-ring (bicyclic) bond motifs is 4. The SMILES string of the molecule is CC(C)(C)OC(=O)NCc1ccc2c(c1)[C@H]1C[C@H](N2)[C@H](O[Si](C)(C)C(C)(C)C)CO1. The van der Waals surface area contributed by atoms with Gasteiger partial charge in [-0.15, -0.1) is 0 Å². The topological polar surface area (TPSA) is 68.8 Å². The molecule has 2 heterocycles. The molecule has 1 aromatic carbocycles. The molecule has 1 saturated heterocycles. The van der Waals surface area contributed by atoms with Crippen LogP contribution >= 0.6 is 0 Å². The highest BCUT2D eigenvalue weighted by molar-refractivity contribution is 6.74. The van der Waals surface area contributed by atoms with E-state index in [1.807, 2.05) is 26.8 Å². The van der Waals surface area contributed by atoms with Crippen molar-refractivity contribution in [2.45, 2.75) is 96.5 Å². The van der Waals surface area contributed by atoms with Crippen molar-refractivity contribution in [2.24, 2.45) is 0 Å². The summed E-state index contributed by atoms with van der Waals surface area (Å²) in [5, 5.41) is 6.68. The summed E-state index contributed by atoms with van der Waals surface area (Å²) in [5.74, 6) is 0. The predicted molar refractivity (Wildman–Crippen MR) is 122 cm³/mol. The highest BCUT2D eigenvalue weighted by atomic mass is 28.4. The molecule has 30 heavy (non-hydrogen) atoms. The standard InChI is InChI=1S/C23H38N2O4Si/c1-22(2,3)28-21(26)24-13-15-9-10-17-16(11-15)19-12-18(25-17)20(14-27-19)29-30(7,8)23(4,5)6/h9-11,18-20,25H,12-14H2,1-8H3,(H,24,26)/t18-,19+,20+/m0/s1. The summed E-state index contributed by atoms with van der Waals surface area (Å²) in [5.41, 5.74) is 2.78. The van der Waals surface area contributed by atoms with E-state index in [1.54, 1.807) is 0 Å². The quantitative estimate of drug-likeness (QED) is 0.625. The van der Waals surface area contributed by atoms with E-state index in [4.69, 9.17) is 13.9 Å². The molecule has 2 aliphatic rings. The van der Waals surface area contributed by atoms with E-state index in [2.05, 4.69) is 56.6 Å². The molecule has 168 valence electrons. The molecule has 3 atom stereocenters. The van der Waals surface area contributed by atoms with Gasteiger partial charge in [-0.05, 0) is 56.6 Å². The fourth-order valence-corrected chi connectivity index (χ4v) is 4.97. The maximum absolute atomic E-state index is 11.9. The molecule has 0 radical (unpaired) electrons. The second-order valence-electron chi connectivity index (χ2n) is 11.0. The average molecular weight is 435 g/mol. The summed E-state index contributed by atoms with van der Waals surface area (Å²) in [6.07, 6.45) is 0.628. The molecule has 1 fully saturated rings. The molecule has 1 amide bonds. The van der Waals surface area contributed by atoms with Crippen molar-refractivity contribution in [1.29, 1.82) is 0 Å². The third kappa shape index (κ3) is 5.37. The number of anilines is 1. The number of alkyl carbamates (subject to hydrolysis) is 1. The number of ether oxygens (including phenoxy) is 2. The summed E-state index contributed by atoms with van der Waals surface area (Å²) in [7, 11) is -1.86. The average Bonchev–Trinajstić information content (AvgIpc) is 2.60. The Balaban J connectivity index is 1.66. The molecular weight excluding hydrogens is 396 g/mol. The number of hydrogen-bond acceptors (Lipinski definition) is 5.